The van der Waals surface area contributed by atoms with E-state index in [2.05, 4.69) is 4.98 Å². The van der Waals surface area contributed by atoms with Crippen LogP contribution in [0.2, 0.25) is 0 Å². The van der Waals surface area contributed by atoms with Crippen LogP contribution in [0.25, 0.3) is 11.3 Å². The van der Waals surface area contributed by atoms with E-state index < -0.39 is 0 Å². The van der Waals surface area contributed by atoms with Crippen molar-refractivity contribution in [3.8, 4) is 11.3 Å². The molecule has 0 aliphatic heterocycles. The summed E-state index contributed by atoms with van der Waals surface area (Å²) in [5.41, 5.74) is 1.15. The third kappa shape index (κ3) is 1.86. The Morgan fingerprint density at radius 1 is 1.50 bits per heavy atom. The van der Waals surface area contributed by atoms with Gasteiger partial charge in [0.15, 0.2) is 0 Å². The van der Waals surface area contributed by atoms with Crippen LogP contribution in [0.4, 0.5) is 4.39 Å². The van der Waals surface area contributed by atoms with Gasteiger partial charge >= 0.3 is 0 Å². The zero-order valence-electron chi connectivity index (χ0n) is 8.74. The van der Waals surface area contributed by atoms with E-state index >= 15 is 0 Å². The molecule has 2 aromatic rings. The third-order valence-corrected chi connectivity index (χ3v) is 2.23. The maximum Gasteiger partial charge on any atom is 0.260 e. The van der Waals surface area contributed by atoms with Gasteiger partial charge in [-0.15, -0.1) is 0 Å². The molecule has 0 radical (unpaired) electrons. The van der Waals surface area contributed by atoms with E-state index in [0.29, 0.717) is 29.7 Å². The fraction of sp³-hybridized carbons (Fsp3) is 0.167. The first-order chi connectivity index (χ1) is 7.74. The van der Waals surface area contributed by atoms with Crippen molar-refractivity contribution in [3.05, 3.63) is 41.7 Å². The summed E-state index contributed by atoms with van der Waals surface area (Å²) in [5, 5.41) is 0. The lowest BCUT2D eigenvalue weighted by Gasteiger charge is -1.98. The summed E-state index contributed by atoms with van der Waals surface area (Å²) in [5.74, 6) is 0.277. The van der Waals surface area contributed by atoms with Crippen molar-refractivity contribution in [1.82, 2.24) is 4.98 Å². The molecule has 0 fully saturated rings. The number of carbonyl (C=O) groups is 1. The van der Waals surface area contributed by atoms with E-state index in [1.165, 1.54) is 12.1 Å². The number of oxazole rings is 1. The van der Waals surface area contributed by atoms with Gasteiger partial charge in [0.2, 0.25) is 6.29 Å². The molecule has 0 atom stereocenters. The number of carbonyl (C=O) groups excluding carboxylic acids is 1. The summed E-state index contributed by atoms with van der Waals surface area (Å²) in [4.78, 5) is 14.6. The highest BCUT2D eigenvalue weighted by Gasteiger charge is 2.13. The molecular formula is C12H10FNO2. The van der Waals surface area contributed by atoms with E-state index in [-0.39, 0.29) is 11.7 Å². The number of benzene rings is 1. The van der Waals surface area contributed by atoms with Crippen LogP contribution < -0.4 is 0 Å². The first-order valence-electron chi connectivity index (χ1n) is 4.95. The summed E-state index contributed by atoms with van der Waals surface area (Å²) in [6.45, 7) is 1.89. The fourth-order valence-electron chi connectivity index (χ4n) is 1.52. The minimum atomic E-state index is -0.338. The van der Waals surface area contributed by atoms with Crippen LogP contribution in [0.1, 0.15) is 23.4 Å². The Labute approximate surface area is 91.9 Å². The van der Waals surface area contributed by atoms with Crippen molar-refractivity contribution in [3.63, 3.8) is 0 Å². The van der Waals surface area contributed by atoms with Gasteiger partial charge in [0, 0.05) is 12.0 Å². The van der Waals surface area contributed by atoms with Crippen LogP contribution in [-0.4, -0.2) is 11.3 Å². The van der Waals surface area contributed by atoms with Crippen LogP contribution in [0, 0.1) is 5.82 Å². The summed E-state index contributed by atoms with van der Waals surface area (Å²) < 4.78 is 18.3. The fourth-order valence-corrected chi connectivity index (χ4v) is 1.52. The second-order valence-corrected chi connectivity index (χ2v) is 3.31. The highest BCUT2D eigenvalue weighted by Crippen LogP contribution is 2.24. The standard InChI is InChI=1S/C12H10FNO2/c1-2-10-12(14-11(7-15)16-10)8-4-3-5-9(13)6-8/h3-7H,2H2,1H3. The predicted molar refractivity (Wildman–Crippen MR) is 56.7 cm³/mol. The van der Waals surface area contributed by atoms with Gasteiger partial charge in [0.25, 0.3) is 5.89 Å². The highest BCUT2D eigenvalue weighted by atomic mass is 19.1. The first kappa shape index (κ1) is 10.5. The zero-order chi connectivity index (χ0) is 11.5. The minimum absolute atomic E-state index is 0.0242. The topological polar surface area (TPSA) is 43.1 Å². The maximum absolute atomic E-state index is 13.0. The normalized spacial score (nSPS) is 10.4. The summed E-state index contributed by atoms with van der Waals surface area (Å²) >= 11 is 0. The molecule has 0 unspecified atom stereocenters. The average molecular weight is 219 g/mol. The molecule has 0 aliphatic rings. The molecule has 4 heteroatoms. The smallest absolute Gasteiger partial charge is 0.260 e. The van der Waals surface area contributed by atoms with Gasteiger partial charge in [-0.2, -0.15) is 0 Å². The number of hydrogen-bond donors (Lipinski definition) is 0. The van der Waals surface area contributed by atoms with Gasteiger partial charge in [-0.25, -0.2) is 9.37 Å². The van der Waals surface area contributed by atoms with Gasteiger partial charge in [-0.05, 0) is 12.1 Å². The van der Waals surface area contributed by atoms with Crippen molar-refractivity contribution in [2.45, 2.75) is 13.3 Å². The Bertz CT molecular complexity index is 519. The van der Waals surface area contributed by atoms with Crippen LogP contribution in [0.15, 0.2) is 28.7 Å². The molecule has 0 amide bonds. The Balaban J connectivity index is 2.54. The van der Waals surface area contributed by atoms with Crippen molar-refractivity contribution in [2.24, 2.45) is 0 Å². The molecule has 0 bridgehead atoms. The van der Waals surface area contributed by atoms with Crippen LogP contribution in [0.3, 0.4) is 0 Å². The molecule has 0 saturated carbocycles. The monoisotopic (exact) mass is 219 g/mol. The number of halogens is 1. The van der Waals surface area contributed by atoms with Crippen LogP contribution >= 0.6 is 0 Å². The number of aryl methyl sites for hydroxylation is 1. The molecule has 0 spiro atoms. The highest BCUT2D eigenvalue weighted by molar-refractivity contribution is 5.71. The van der Waals surface area contributed by atoms with E-state index in [0.717, 1.165) is 0 Å². The maximum atomic E-state index is 13.0. The van der Waals surface area contributed by atoms with E-state index in [1.54, 1.807) is 12.1 Å². The molecule has 0 N–H and O–H groups in total. The van der Waals surface area contributed by atoms with Gasteiger partial charge in [0.1, 0.15) is 17.3 Å². The summed E-state index contributed by atoms with van der Waals surface area (Å²) in [7, 11) is 0. The molecular weight excluding hydrogens is 209 g/mol. The van der Waals surface area contributed by atoms with Crippen molar-refractivity contribution < 1.29 is 13.6 Å². The zero-order valence-corrected chi connectivity index (χ0v) is 8.74. The SMILES string of the molecule is CCc1oc(C=O)nc1-c1cccc(F)c1. The van der Waals surface area contributed by atoms with E-state index in [1.807, 2.05) is 6.92 Å². The van der Waals surface area contributed by atoms with Crippen molar-refractivity contribution in [1.29, 1.82) is 0 Å². The number of aldehydes is 1. The van der Waals surface area contributed by atoms with Gasteiger partial charge in [-0.3, -0.25) is 4.79 Å². The number of nitrogens with zero attached hydrogens (tertiary/aromatic N) is 1. The number of hydrogen-bond acceptors (Lipinski definition) is 3. The average Bonchev–Trinajstić information content (AvgIpc) is 2.72. The Hall–Kier alpha value is -1.97. The molecule has 16 heavy (non-hydrogen) atoms. The second kappa shape index (κ2) is 4.26. The van der Waals surface area contributed by atoms with E-state index in [9.17, 15) is 9.18 Å². The molecule has 2 rings (SSSR count). The molecule has 3 nitrogen and oxygen atoms in total. The Morgan fingerprint density at radius 3 is 2.94 bits per heavy atom. The van der Waals surface area contributed by atoms with E-state index in [4.69, 9.17) is 4.42 Å². The minimum Gasteiger partial charge on any atom is -0.438 e. The lowest BCUT2D eigenvalue weighted by molar-refractivity contribution is 0.109. The third-order valence-electron chi connectivity index (χ3n) is 2.23. The first-order valence-corrected chi connectivity index (χ1v) is 4.95. The van der Waals surface area contributed by atoms with Crippen LogP contribution in [-0.2, 0) is 6.42 Å². The van der Waals surface area contributed by atoms with Gasteiger partial charge < -0.3 is 4.42 Å². The van der Waals surface area contributed by atoms with Gasteiger partial charge in [0.05, 0.1) is 0 Å². The molecule has 1 aromatic carbocycles. The Kier molecular flexibility index (Phi) is 2.81. The molecule has 1 heterocycles. The molecule has 0 aliphatic carbocycles. The molecule has 1 aromatic heterocycles. The summed E-state index contributed by atoms with van der Waals surface area (Å²) in [6.07, 6.45) is 1.15. The predicted octanol–water partition coefficient (Wildman–Crippen LogP) is 2.86. The quantitative estimate of drug-likeness (QED) is 0.745. The Morgan fingerprint density at radius 2 is 2.31 bits per heavy atom. The van der Waals surface area contributed by atoms with Crippen LogP contribution in [0.5, 0.6) is 0 Å². The van der Waals surface area contributed by atoms with Crippen molar-refractivity contribution in [2.75, 3.05) is 0 Å². The lowest BCUT2D eigenvalue weighted by atomic mass is 10.1. The lowest BCUT2D eigenvalue weighted by Crippen LogP contribution is -1.85. The second-order valence-electron chi connectivity index (χ2n) is 3.31. The molecule has 82 valence electrons. The largest absolute Gasteiger partial charge is 0.438 e. The van der Waals surface area contributed by atoms with Gasteiger partial charge in [-0.1, -0.05) is 19.1 Å². The number of rotatable bonds is 3. The molecule has 0 saturated heterocycles. The van der Waals surface area contributed by atoms with Crippen molar-refractivity contribution >= 4 is 6.29 Å². The summed E-state index contributed by atoms with van der Waals surface area (Å²) in [6, 6.07) is 6.05. The number of aromatic nitrogens is 1.